The van der Waals surface area contributed by atoms with Crippen molar-refractivity contribution in [1.29, 1.82) is 0 Å². The third-order valence-electron chi connectivity index (χ3n) is 4.44. The van der Waals surface area contributed by atoms with Crippen LogP contribution in [0.3, 0.4) is 0 Å². The van der Waals surface area contributed by atoms with Crippen molar-refractivity contribution in [3.8, 4) is 0 Å². The maximum atomic E-state index is 13.0. The molecule has 2 aromatic rings. The second-order valence-corrected chi connectivity index (χ2v) is 7.91. The zero-order valence-electron chi connectivity index (χ0n) is 13.3. The summed E-state index contributed by atoms with van der Waals surface area (Å²) in [4.78, 5) is 11.8. The molecular formula is C18H19NO4S. The Bertz CT molecular complexity index is 831. The number of carbonyl (C=O) groups is 1. The molecule has 3 rings (SSSR count). The molecular weight excluding hydrogens is 326 g/mol. The predicted octanol–water partition coefficient (Wildman–Crippen LogP) is 2.83. The van der Waals surface area contributed by atoms with Crippen molar-refractivity contribution in [2.24, 2.45) is 5.92 Å². The van der Waals surface area contributed by atoms with Crippen molar-refractivity contribution in [2.75, 3.05) is 6.54 Å². The first-order chi connectivity index (χ1) is 11.4. The fraction of sp³-hybridized carbons (Fsp3) is 0.278. The van der Waals surface area contributed by atoms with E-state index in [0.29, 0.717) is 12.0 Å². The second kappa shape index (κ2) is 6.37. The van der Waals surface area contributed by atoms with Crippen LogP contribution in [0.2, 0.25) is 0 Å². The molecule has 0 unspecified atom stereocenters. The highest BCUT2D eigenvalue weighted by molar-refractivity contribution is 7.89. The van der Waals surface area contributed by atoms with Crippen LogP contribution < -0.4 is 0 Å². The summed E-state index contributed by atoms with van der Waals surface area (Å²) in [7, 11) is -3.75. The number of hydrogen-bond donors (Lipinski definition) is 1. The molecule has 1 heterocycles. The van der Waals surface area contributed by atoms with Gasteiger partial charge in [0, 0.05) is 6.54 Å². The van der Waals surface area contributed by atoms with Crippen LogP contribution in [0.15, 0.2) is 59.5 Å². The molecule has 0 amide bonds. The molecule has 126 valence electrons. The number of rotatable bonds is 4. The molecule has 1 aliphatic heterocycles. The fourth-order valence-electron chi connectivity index (χ4n) is 3.19. The van der Waals surface area contributed by atoms with Gasteiger partial charge in [-0.15, -0.1) is 0 Å². The normalized spacial score (nSPS) is 21.7. The zero-order valence-corrected chi connectivity index (χ0v) is 14.1. The van der Waals surface area contributed by atoms with E-state index in [1.807, 2.05) is 13.0 Å². The summed E-state index contributed by atoms with van der Waals surface area (Å²) in [6.07, 6.45) is 0.306. The van der Waals surface area contributed by atoms with Crippen LogP contribution in [0.4, 0.5) is 0 Å². The molecule has 0 aromatic heterocycles. The summed E-state index contributed by atoms with van der Waals surface area (Å²) in [6, 6.07) is 14.9. The Morgan fingerprint density at radius 3 is 2.29 bits per heavy atom. The maximum Gasteiger partial charge on any atom is 0.308 e. The van der Waals surface area contributed by atoms with Gasteiger partial charge in [0.25, 0.3) is 0 Å². The molecule has 0 aliphatic carbocycles. The van der Waals surface area contributed by atoms with E-state index in [-0.39, 0.29) is 11.4 Å². The van der Waals surface area contributed by atoms with Gasteiger partial charge in [0.1, 0.15) is 0 Å². The highest BCUT2D eigenvalue weighted by atomic mass is 32.2. The molecule has 6 heteroatoms. The minimum absolute atomic E-state index is 0.195. The van der Waals surface area contributed by atoms with Gasteiger partial charge in [-0.2, -0.15) is 4.31 Å². The second-order valence-electron chi connectivity index (χ2n) is 6.02. The molecule has 0 radical (unpaired) electrons. The van der Waals surface area contributed by atoms with Gasteiger partial charge < -0.3 is 5.11 Å². The van der Waals surface area contributed by atoms with E-state index < -0.39 is 28.0 Å². The van der Waals surface area contributed by atoms with E-state index in [2.05, 4.69) is 0 Å². The third kappa shape index (κ3) is 2.95. The van der Waals surface area contributed by atoms with E-state index in [4.69, 9.17) is 0 Å². The average molecular weight is 345 g/mol. The van der Waals surface area contributed by atoms with Gasteiger partial charge in [0.15, 0.2) is 0 Å². The van der Waals surface area contributed by atoms with Crippen molar-refractivity contribution in [2.45, 2.75) is 24.3 Å². The lowest BCUT2D eigenvalue weighted by Crippen LogP contribution is -2.33. The summed E-state index contributed by atoms with van der Waals surface area (Å²) in [5.74, 6) is -1.71. The summed E-state index contributed by atoms with van der Waals surface area (Å²) < 4.78 is 27.4. The Morgan fingerprint density at radius 2 is 1.71 bits per heavy atom. The zero-order chi connectivity index (χ0) is 17.3. The van der Waals surface area contributed by atoms with Crippen LogP contribution >= 0.6 is 0 Å². The van der Waals surface area contributed by atoms with Crippen LogP contribution in [-0.4, -0.2) is 30.3 Å². The molecule has 2 atom stereocenters. The minimum Gasteiger partial charge on any atom is -0.481 e. The van der Waals surface area contributed by atoms with Gasteiger partial charge in [0.2, 0.25) is 10.0 Å². The molecule has 2 aromatic carbocycles. The Morgan fingerprint density at radius 1 is 1.08 bits per heavy atom. The average Bonchev–Trinajstić information content (AvgIpc) is 3.02. The molecule has 1 fully saturated rings. The number of sulfonamides is 1. The van der Waals surface area contributed by atoms with Crippen LogP contribution in [0.25, 0.3) is 0 Å². The SMILES string of the molecule is Cc1ccc(S(=O)(=O)N2CC[C@@H](C(=O)O)[C@H]2c2ccccc2)cc1. The molecule has 1 N–H and O–H groups in total. The monoisotopic (exact) mass is 345 g/mol. The lowest BCUT2D eigenvalue weighted by atomic mass is 9.94. The third-order valence-corrected chi connectivity index (χ3v) is 6.33. The van der Waals surface area contributed by atoms with Crippen LogP contribution in [0, 0.1) is 12.8 Å². The first-order valence-electron chi connectivity index (χ1n) is 7.77. The topological polar surface area (TPSA) is 74.7 Å². The van der Waals surface area contributed by atoms with Crippen LogP contribution in [0.1, 0.15) is 23.6 Å². The number of hydrogen-bond acceptors (Lipinski definition) is 3. The number of aliphatic carboxylic acids is 1. The van der Waals surface area contributed by atoms with E-state index in [1.165, 1.54) is 4.31 Å². The Balaban J connectivity index is 2.05. The predicted molar refractivity (Wildman–Crippen MR) is 90.0 cm³/mol. The summed E-state index contributed by atoms with van der Waals surface area (Å²) >= 11 is 0. The number of carboxylic acids is 1. The van der Waals surface area contributed by atoms with E-state index in [0.717, 1.165) is 5.56 Å². The van der Waals surface area contributed by atoms with Gasteiger partial charge in [-0.3, -0.25) is 4.79 Å². The smallest absolute Gasteiger partial charge is 0.308 e. The van der Waals surface area contributed by atoms with Gasteiger partial charge in [-0.25, -0.2) is 8.42 Å². The minimum atomic E-state index is -3.75. The quantitative estimate of drug-likeness (QED) is 0.925. The van der Waals surface area contributed by atoms with Crippen LogP contribution in [0.5, 0.6) is 0 Å². The first kappa shape index (κ1) is 16.7. The molecule has 1 aliphatic rings. The van der Waals surface area contributed by atoms with E-state index in [9.17, 15) is 18.3 Å². The molecule has 1 saturated heterocycles. The van der Waals surface area contributed by atoms with Gasteiger partial charge in [0.05, 0.1) is 16.9 Å². The van der Waals surface area contributed by atoms with E-state index >= 15 is 0 Å². The Hall–Kier alpha value is -2.18. The van der Waals surface area contributed by atoms with Crippen molar-refractivity contribution in [1.82, 2.24) is 4.31 Å². The Kier molecular flexibility index (Phi) is 4.43. The fourth-order valence-corrected chi connectivity index (χ4v) is 4.85. The first-order valence-corrected chi connectivity index (χ1v) is 9.21. The lowest BCUT2D eigenvalue weighted by Gasteiger charge is -2.26. The number of carboxylic acid groups (broad SMARTS) is 1. The van der Waals surface area contributed by atoms with Crippen molar-refractivity contribution < 1.29 is 18.3 Å². The Labute approximate surface area is 141 Å². The molecule has 0 bridgehead atoms. The standard InChI is InChI=1S/C18H19NO4S/c1-13-7-9-15(10-8-13)24(22,23)19-12-11-16(18(20)21)17(19)14-5-3-2-4-6-14/h2-10,16-17H,11-12H2,1H3,(H,20,21)/t16-,17-/m1/s1. The molecule has 0 spiro atoms. The maximum absolute atomic E-state index is 13.0. The number of aryl methyl sites for hydroxylation is 1. The molecule has 5 nitrogen and oxygen atoms in total. The van der Waals surface area contributed by atoms with Gasteiger partial charge in [-0.1, -0.05) is 48.0 Å². The number of nitrogens with zero attached hydrogens (tertiary/aromatic N) is 1. The summed E-state index contributed by atoms with van der Waals surface area (Å²) in [5.41, 5.74) is 1.68. The highest BCUT2D eigenvalue weighted by Crippen LogP contribution is 2.40. The lowest BCUT2D eigenvalue weighted by molar-refractivity contribution is -0.142. The van der Waals surface area contributed by atoms with Gasteiger partial charge >= 0.3 is 5.97 Å². The summed E-state index contributed by atoms with van der Waals surface area (Å²) in [6.45, 7) is 2.09. The molecule has 24 heavy (non-hydrogen) atoms. The van der Waals surface area contributed by atoms with Gasteiger partial charge in [-0.05, 0) is 31.0 Å². The largest absolute Gasteiger partial charge is 0.481 e. The van der Waals surface area contributed by atoms with Crippen molar-refractivity contribution in [3.05, 3.63) is 65.7 Å². The van der Waals surface area contributed by atoms with Crippen molar-refractivity contribution in [3.63, 3.8) is 0 Å². The highest BCUT2D eigenvalue weighted by Gasteiger charge is 2.45. The number of benzene rings is 2. The van der Waals surface area contributed by atoms with E-state index in [1.54, 1.807) is 48.5 Å². The van der Waals surface area contributed by atoms with Crippen LogP contribution in [-0.2, 0) is 14.8 Å². The molecule has 0 saturated carbocycles. The summed E-state index contributed by atoms with van der Waals surface area (Å²) in [5, 5.41) is 9.51. The van der Waals surface area contributed by atoms with Crippen molar-refractivity contribution >= 4 is 16.0 Å².